The molecule has 1 aliphatic carbocycles. The van der Waals surface area contributed by atoms with Crippen molar-refractivity contribution in [3.05, 3.63) is 95.1 Å². The summed E-state index contributed by atoms with van der Waals surface area (Å²) >= 11 is 0. The van der Waals surface area contributed by atoms with Crippen molar-refractivity contribution in [2.75, 3.05) is 13.7 Å². The van der Waals surface area contributed by atoms with Crippen molar-refractivity contribution in [2.45, 2.75) is 38.1 Å². The van der Waals surface area contributed by atoms with Gasteiger partial charge in [0.25, 0.3) is 0 Å². The number of nitrogens with zero attached hydrogens (tertiary/aromatic N) is 1. The van der Waals surface area contributed by atoms with Gasteiger partial charge in [-0.2, -0.15) is 0 Å². The summed E-state index contributed by atoms with van der Waals surface area (Å²) in [6.45, 7) is 4.38. The lowest BCUT2D eigenvalue weighted by Crippen LogP contribution is -2.44. The second-order valence-corrected chi connectivity index (χ2v) is 8.87. The predicted molar refractivity (Wildman–Crippen MR) is 128 cm³/mol. The van der Waals surface area contributed by atoms with E-state index in [-0.39, 0.29) is 18.9 Å². The van der Waals surface area contributed by atoms with Gasteiger partial charge in [0, 0.05) is 19.4 Å². The molecule has 3 aromatic carbocycles. The van der Waals surface area contributed by atoms with Gasteiger partial charge in [-0.15, -0.1) is 0 Å². The van der Waals surface area contributed by atoms with Crippen LogP contribution in [0.15, 0.2) is 72.8 Å². The van der Waals surface area contributed by atoms with E-state index in [9.17, 15) is 14.7 Å². The lowest BCUT2D eigenvalue weighted by atomic mass is 9.98. The lowest BCUT2D eigenvalue weighted by molar-refractivity contribution is -0.142. The molecule has 0 heterocycles. The van der Waals surface area contributed by atoms with Crippen molar-refractivity contribution < 1.29 is 19.4 Å². The number of likely N-dealkylation sites (N-methyl/N-ethyl adjacent to an activating group) is 1. The van der Waals surface area contributed by atoms with E-state index in [1.807, 2.05) is 48.5 Å². The fourth-order valence-electron chi connectivity index (χ4n) is 4.47. The minimum absolute atomic E-state index is 0.0680. The minimum Gasteiger partial charge on any atom is -0.480 e. The van der Waals surface area contributed by atoms with E-state index in [4.69, 9.17) is 4.74 Å². The van der Waals surface area contributed by atoms with E-state index in [1.165, 1.54) is 17.5 Å². The summed E-state index contributed by atoms with van der Waals surface area (Å²) in [4.78, 5) is 26.0. The molecule has 1 atom stereocenters. The highest BCUT2D eigenvalue weighted by atomic mass is 16.6. The fraction of sp³-hybridized carbons (Fsp3) is 0.286. The summed E-state index contributed by atoms with van der Waals surface area (Å²) in [6, 6.07) is 23.1. The molecule has 0 saturated heterocycles. The molecule has 0 radical (unpaired) electrons. The first-order valence-electron chi connectivity index (χ1n) is 11.3. The highest BCUT2D eigenvalue weighted by molar-refractivity contribution is 5.81. The maximum Gasteiger partial charge on any atom is 0.410 e. The molecule has 0 bridgehead atoms. The summed E-state index contributed by atoms with van der Waals surface area (Å²) in [5.74, 6) is -0.724. The molecule has 0 aromatic heterocycles. The first-order valence-corrected chi connectivity index (χ1v) is 11.3. The highest BCUT2D eigenvalue weighted by Gasteiger charge is 2.32. The Bertz CT molecular complexity index is 1110. The van der Waals surface area contributed by atoms with Gasteiger partial charge in [-0.1, -0.05) is 86.6 Å². The summed E-state index contributed by atoms with van der Waals surface area (Å²) in [6.07, 6.45) is -0.419. The number of aliphatic carboxylic acids is 1. The molecule has 0 saturated carbocycles. The molecule has 0 spiro atoms. The van der Waals surface area contributed by atoms with Crippen molar-refractivity contribution in [1.82, 2.24) is 4.90 Å². The standard InChI is InChI=1S/C28H29NO4/c1-18(2)20-14-12-19(13-15-20)16-26(27(30)31)29(3)28(32)33-17-25-23-10-6-4-8-21(23)22-9-5-7-11-24(22)25/h4-15,18,25-26H,16-17H2,1-3H3,(H,30,31). The average molecular weight is 444 g/mol. The van der Waals surface area contributed by atoms with E-state index in [2.05, 4.69) is 38.1 Å². The van der Waals surface area contributed by atoms with Crippen molar-refractivity contribution in [2.24, 2.45) is 0 Å². The van der Waals surface area contributed by atoms with Gasteiger partial charge < -0.3 is 9.84 Å². The number of carboxylic acids is 1. The van der Waals surface area contributed by atoms with Crippen molar-refractivity contribution in [3.63, 3.8) is 0 Å². The summed E-state index contributed by atoms with van der Waals surface area (Å²) in [7, 11) is 1.49. The third-order valence-corrected chi connectivity index (χ3v) is 6.45. The zero-order valence-electron chi connectivity index (χ0n) is 19.2. The number of fused-ring (bicyclic) bond motifs is 3. The third-order valence-electron chi connectivity index (χ3n) is 6.45. The van der Waals surface area contributed by atoms with E-state index in [0.717, 1.165) is 27.8 Å². The third kappa shape index (κ3) is 4.63. The molecule has 1 N–H and O–H groups in total. The van der Waals surface area contributed by atoms with Gasteiger partial charge >= 0.3 is 12.1 Å². The van der Waals surface area contributed by atoms with Crippen LogP contribution in [0.3, 0.4) is 0 Å². The molecule has 170 valence electrons. The van der Waals surface area contributed by atoms with Crippen LogP contribution < -0.4 is 0 Å². The monoisotopic (exact) mass is 443 g/mol. The van der Waals surface area contributed by atoms with Crippen LogP contribution in [-0.2, 0) is 16.0 Å². The Hall–Kier alpha value is -3.60. The topological polar surface area (TPSA) is 66.8 Å². The molecule has 5 nitrogen and oxygen atoms in total. The van der Waals surface area contributed by atoms with Gasteiger partial charge in [0.05, 0.1) is 0 Å². The maximum absolute atomic E-state index is 12.8. The SMILES string of the molecule is CC(C)c1ccc(CC(C(=O)O)N(C)C(=O)OCC2c3ccccc3-c3ccccc32)cc1. The summed E-state index contributed by atoms with van der Waals surface area (Å²) in [5, 5.41) is 9.79. The van der Waals surface area contributed by atoms with Crippen molar-refractivity contribution >= 4 is 12.1 Å². The number of amides is 1. The Balaban J connectivity index is 1.45. The van der Waals surface area contributed by atoms with E-state index in [0.29, 0.717) is 5.92 Å². The highest BCUT2D eigenvalue weighted by Crippen LogP contribution is 2.44. The van der Waals surface area contributed by atoms with E-state index >= 15 is 0 Å². The number of ether oxygens (including phenoxy) is 1. The van der Waals surface area contributed by atoms with Crippen LogP contribution in [-0.4, -0.2) is 41.8 Å². The molecule has 1 unspecified atom stereocenters. The number of carbonyl (C=O) groups is 2. The molecule has 0 aliphatic heterocycles. The molecule has 1 aliphatic rings. The van der Waals surface area contributed by atoms with Gasteiger partial charge in [-0.25, -0.2) is 9.59 Å². The lowest BCUT2D eigenvalue weighted by Gasteiger charge is -2.25. The van der Waals surface area contributed by atoms with Gasteiger partial charge in [0.2, 0.25) is 0 Å². The normalized spacial score (nSPS) is 13.3. The van der Waals surface area contributed by atoms with Gasteiger partial charge in [-0.05, 0) is 39.3 Å². The molecule has 5 heteroatoms. The molecular formula is C28H29NO4. The molecule has 33 heavy (non-hydrogen) atoms. The Morgan fingerprint density at radius 3 is 1.97 bits per heavy atom. The predicted octanol–water partition coefficient (Wildman–Crippen LogP) is 5.69. The largest absolute Gasteiger partial charge is 0.480 e. The van der Waals surface area contributed by atoms with Gasteiger partial charge in [0.1, 0.15) is 12.6 Å². The molecule has 1 amide bonds. The molecule has 3 aromatic rings. The van der Waals surface area contributed by atoms with Crippen LogP contribution in [0.2, 0.25) is 0 Å². The molecule has 0 fully saturated rings. The number of rotatable bonds is 7. The van der Waals surface area contributed by atoms with Crippen LogP contribution in [0, 0.1) is 0 Å². The quantitative estimate of drug-likeness (QED) is 0.510. The van der Waals surface area contributed by atoms with Crippen LogP contribution in [0.1, 0.15) is 47.9 Å². The first kappa shape index (κ1) is 22.6. The summed E-state index contributed by atoms with van der Waals surface area (Å²) < 4.78 is 5.64. The Morgan fingerprint density at radius 1 is 0.909 bits per heavy atom. The number of hydrogen-bond donors (Lipinski definition) is 1. The van der Waals surface area contributed by atoms with E-state index < -0.39 is 18.1 Å². The van der Waals surface area contributed by atoms with Crippen molar-refractivity contribution in [3.8, 4) is 11.1 Å². The minimum atomic E-state index is -1.06. The zero-order chi connectivity index (χ0) is 23.5. The molecule has 4 rings (SSSR count). The Labute approximate surface area is 194 Å². The van der Waals surface area contributed by atoms with E-state index in [1.54, 1.807) is 0 Å². The number of carbonyl (C=O) groups excluding carboxylic acids is 1. The van der Waals surface area contributed by atoms with Gasteiger partial charge in [-0.3, -0.25) is 4.90 Å². The second kappa shape index (κ2) is 9.49. The number of hydrogen-bond acceptors (Lipinski definition) is 3. The molecular weight excluding hydrogens is 414 g/mol. The Morgan fingerprint density at radius 2 is 1.45 bits per heavy atom. The Kier molecular flexibility index (Phi) is 6.50. The smallest absolute Gasteiger partial charge is 0.410 e. The summed E-state index contributed by atoms with van der Waals surface area (Å²) in [5.41, 5.74) is 6.59. The van der Waals surface area contributed by atoms with Crippen LogP contribution in [0.5, 0.6) is 0 Å². The van der Waals surface area contributed by atoms with Gasteiger partial charge in [0.15, 0.2) is 0 Å². The number of carboxylic acid groups (broad SMARTS) is 1. The van der Waals surface area contributed by atoms with Crippen LogP contribution in [0.4, 0.5) is 4.79 Å². The second-order valence-electron chi connectivity index (χ2n) is 8.87. The zero-order valence-corrected chi connectivity index (χ0v) is 19.2. The van der Waals surface area contributed by atoms with Crippen LogP contribution >= 0.6 is 0 Å². The van der Waals surface area contributed by atoms with Crippen molar-refractivity contribution in [1.29, 1.82) is 0 Å². The maximum atomic E-state index is 12.8. The number of benzene rings is 3. The first-order chi connectivity index (χ1) is 15.9. The average Bonchev–Trinajstić information content (AvgIpc) is 3.14. The van der Waals surface area contributed by atoms with Crippen LogP contribution in [0.25, 0.3) is 11.1 Å². The fourth-order valence-corrected chi connectivity index (χ4v) is 4.47.